The van der Waals surface area contributed by atoms with Gasteiger partial charge in [0.25, 0.3) is 15.9 Å². The van der Waals surface area contributed by atoms with Crippen LogP contribution >= 0.6 is 0 Å². The van der Waals surface area contributed by atoms with Gasteiger partial charge in [-0.05, 0) is 48.9 Å². The van der Waals surface area contributed by atoms with Crippen molar-refractivity contribution in [1.29, 1.82) is 0 Å². The molecule has 1 heterocycles. The van der Waals surface area contributed by atoms with Gasteiger partial charge in [-0.25, -0.2) is 8.42 Å². The van der Waals surface area contributed by atoms with Crippen LogP contribution in [0.5, 0.6) is 0 Å². The van der Waals surface area contributed by atoms with E-state index in [1.807, 2.05) is 54.4 Å². The van der Waals surface area contributed by atoms with E-state index in [2.05, 4.69) is 15.0 Å². The van der Waals surface area contributed by atoms with E-state index in [1.165, 1.54) is 12.1 Å². The molecule has 1 aliphatic heterocycles. The largest absolute Gasteiger partial charge is 0.344 e. The van der Waals surface area contributed by atoms with E-state index in [1.54, 1.807) is 24.3 Å². The molecule has 0 saturated carbocycles. The average Bonchev–Trinajstić information content (AvgIpc) is 3.31. The number of nitrogens with one attached hydrogen (secondary N) is 2. The van der Waals surface area contributed by atoms with Crippen molar-refractivity contribution < 1.29 is 13.2 Å². The SMILES string of the molecule is CN(c1ccccc1)c1ccccc1C(=O)Nc1cccc(S(=O)(=O)NC2=NCCC2)c1. The molecule has 32 heavy (non-hydrogen) atoms. The highest BCUT2D eigenvalue weighted by Gasteiger charge is 2.20. The highest BCUT2D eigenvalue weighted by atomic mass is 32.2. The minimum absolute atomic E-state index is 0.0691. The summed E-state index contributed by atoms with van der Waals surface area (Å²) in [5, 5.41) is 2.82. The molecular weight excluding hydrogens is 424 g/mol. The molecule has 0 atom stereocenters. The number of nitrogens with zero attached hydrogens (tertiary/aromatic N) is 2. The maximum atomic E-state index is 13.1. The predicted octanol–water partition coefficient (Wildman–Crippen LogP) is 4.18. The molecule has 0 unspecified atom stereocenters. The van der Waals surface area contributed by atoms with Crippen LogP contribution in [0.2, 0.25) is 0 Å². The second-order valence-electron chi connectivity index (χ2n) is 7.43. The van der Waals surface area contributed by atoms with Crippen molar-refractivity contribution in [3.05, 3.63) is 84.4 Å². The third-order valence-corrected chi connectivity index (χ3v) is 6.56. The molecule has 7 nitrogen and oxygen atoms in total. The molecule has 3 aromatic carbocycles. The minimum Gasteiger partial charge on any atom is -0.344 e. The van der Waals surface area contributed by atoms with Gasteiger partial charge in [-0.15, -0.1) is 0 Å². The summed E-state index contributed by atoms with van der Waals surface area (Å²) in [5.41, 5.74) is 2.55. The molecule has 1 aliphatic rings. The Morgan fingerprint density at radius 3 is 2.47 bits per heavy atom. The van der Waals surface area contributed by atoms with E-state index in [0.717, 1.165) is 17.8 Å². The van der Waals surface area contributed by atoms with Crippen LogP contribution in [0.15, 0.2) is 88.8 Å². The van der Waals surface area contributed by atoms with Crippen LogP contribution < -0.4 is 14.9 Å². The number of aliphatic imine (C=N–C) groups is 1. The lowest BCUT2D eigenvalue weighted by Crippen LogP contribution is -2.29. The third kappa shape index (κ3) is 4.81. The quantitative estimate of drug-likeness (QED) is 0.592. The van der Waals surface area contributed by atoms with Crippen molar-refractivity contribution in [2.75, 3.05) is 23.8 Å². The Morgan fingerprint density at radius 2 is 1.72 bits per heavy atom. The Bertz CT molecular complexity index is 1260. The van der Waals surface area contributed by atoms with Gasteiger partial charge in [0, 0.05) is 31.4 Å². The van der Waals surface area contributed by atoms with E-state index in [9.17, 15) is 13.2 Å². The van der Waals surface area contributed by atoms with Crippen LogP contribution in [0.4, 0.5) is 17.1 Å². The van der Waals surface area contributed by atoms with Crippen LogP contribution in [-0.4, -0.2) is 33.8 Å². The third-order valence-electron chi connectivity index (χ3n) is 5.18. The maximum absolute atomic E-state index is 13.1. The number of sulfonamides is 1. The maximum Gasteiger partial charge on any atom is 0.262 e. The lowest BCUT2D eigenvalue weighted by molar-refractivity contribution is 0.102. The zero-order valence-corrected chi connectivity index (χ0v) is 18.5. The first-order valence-electron chi connectivity index (χ1n) is 10.3. The van der Waals surface area contributed by atoms with Crippen molar-refractivity contribution in [2.45, 2.75) is 17.7 Å². The van der Waals surface area contributed by atoms with Gasteiger partial charge in [-0.3, -0.25) is 14.5 Å². The molecule has 3 aromatic rings. The lowest BCUT2D eigenvalue weighted by Gasteiger charge is -2.22. The summed E-state index contributed by atoms with van der Waals surface area (Å²) < 4.78 is 27.9. The number of para-hydroxylation sites is 2. The van der Waals surface area contributed by atoms with Crippen LogP contribution in [-0.2, 0) is 10.0 Å². The van der Waals surface area contributed by atoms with Gasteiger partial charge in [-0.2, -0.15) is 0 Å². The first-order valence-corrected chi connectivity index (χ1v) is 11.8. The molecule has 164 valence electrons. The van der Waals surface area contributed by atoms with Gasteiger partial charge in [0.15, 0.2) is 0 Å². The lowest BCUT2D eigenvalue weighted by atomic mass is 10.1. The number of hydrogen-bond acceptors (Lipinski definition) is 5. The second-order valence-corrected chi connectivity index (χ2v) is 9.11. The summed E-state index contributed by atoms with van der Waals surface area (Å²) >= 11 is 0. The number of hydrogen-bond donors (Lipinski definition) is 2. The Balaban J connectivity index is 1.56. The van der Waals surface area contributed by atoms with E-state index in [4.69, 9.17) is 0 Å². The standard InChI is InChI=1S/C24H24N4O3S/c1-28(19-10-3-2-4-11-19)22-14-6-5-13-21(22)24(29)26-18-9-7-12-20(17-18)32(30,31)27-23-15-8-16-25-23/h2-7,9-14,17H,8,15-16H2,1H3,(H,25,27)(H,26,29). The Morgan fingerprint density at radius 1 is 0.969 bits per heavy atom. The molecule has 0 bridgehead atoms. The normalized spacial score (nSPS) is 13.3. The number of carbonyl (C=O) groups excluding carboxylic acids is 1. The number of amides is 1. The van der Waals surface area contributed by atoms with Gasteiger partial charge in [0.1, 0.15) is 5.84 Å². The highest BCUT2D eigenvalue weighted by molar-refractivity contribution is 7.90. The number of rotatable bonds is 6. The molecule has 0 fully saturated rings. The van der Waals surface area contributed by atoms with Crippen molar-refractivity contribution in [3.63, 3.8) is 0 Å². The number of carbonyl (C=O) groups is 1. The fourth-order valence-electron chi connectivity index (χ4n) is 3.53. The Kier molecular flexibility index (Phi) is 6.23. The predicted molar refractivity (Wildman–Crippen MR) is 127 cm³/mol. The molecule has 0 saturated heterocycles. The van der Waals surface area contributed by atoms with E-state index >= 15 is 0 Å². The second kappa shape index (κ2) is 9.23. The highest BCUT2D eigenvalue weighted by Crippen LogP contribution is 2.27. The van der Waals surface area contributed by atoms with E-state index in [0.29, 0.717) is 30.1 Å². The van der Waals surface area contributed by atoms with E-state index < -0.39 is 10.0 Å². The number of benzene rings is 3. The Labute approximate surface area is 187 Å². The smallest absolute Gasteiger partial charge is 0.262 e. The topological polar surface area (TPSA) is 90.9 Å². The first kappa shape index (κ1) is 21.6. The number of anilines is 3. The van der Waals surface area contributed by atoms with Gasteiger partial charge in [0.05, 0.1) is 16.1 Å². The summed E-state index contributed by atoms with van der Waals surface area (Å²) in [7, 11) is -1.87. The molecular formula is C24H24N4O3S. The van der Waals surface area contributed by atoms with Crippen LogP contribution in [0.1, 0.15) is 23.2 Å². The van der Waals surface area contributed by atoms with Crippen molar-refractivity contribution in [2.24, 2.45) is 4.99 Å². The van der Waals surface area contributed by atoms with E-state index in [-0.39, 0.29) is 10.8 Å². The average molecular weight is 449 g/mol. The minimum atomic E-state index is -3.76. The molecule has 1 amide bonds. The fraction of sp³-hybridized carbons (Fsp3) is 0.167. The first-order chi connectivity index (χ1) is 15.4. The van der Waals surface area contributed by atoms with Crippen molar-refractivity contribution >= 4 is 38.8 Å². The summed E-state index contributed by atoms with van der Waals surface area (Å²) in [6.07, 6.45) is 1.45. The van der Waals surface area contributed by atoms with Crippen LogP contribution in [0.25, 0.3) is 0 Å². The summed E-state index contributed by atoms with van der Waals surface area (Å²) in [5.74, 6) is 0.142. The van der Waals surface area contributed by atoms with Crippen LogP contribution in [0.3, 0.4) is 0 Å². The van der Waals surface area contributed by atoms with Crippen LogP contribution in [0, 0.1) is 0 Å². The molecule has 0 aromatic heterocycles. The molecule has 0 spiro atoms. The molecule has 2 N–H and O–H groups in total. The van der Waals surface area contributed by atoms with Gasteiger partial charge >= 0.3 is 0 Å². The zero-order valence-electron chi connectivity index (χ0n) is 17.7. The molecule has 0 radical (unpaired) electrons. The summed E-state index contributed by atoms with van der Waals surface area (Å²) in [6, 6.07) is 23.2. The molecule has 4 rings (SSSR count). The summed E-state index contributed by atoms with van der Waals surface area (Å²) in [4.78, 5) is 19.3. The zero-order chi connectivity index (χ0) is 22.6. The van der Waals surface area contributed by atoms with Crippen molar-refractivity contribution in [1.82, 2.24) is 4.72 Å². The fourth-order valence-corrected chi connectivity index (χ4v) is 4.66. The van der Waals surface area contributed by atoms with Gasteiger partial charge < -0.3 is 10.2 Å². The monoisotopic (exact) mass is 448 g/mol. The molecule has 8 heteroatoms. The van der Waals surface area contributed by atoms with Gasteiger partial charge in [-0.1, -0.05) is 36.4 Å². The van der Waals surface area contributed by atoms with Crippen molar-refractivity contribution in [3.8, 4) is 0 Å². The molecule has 0 aliphatic carbocycles. The summed E-state index contributed by atoms with van der Waals surface area (Å²) in [6.45, 7) is 0.630. The Hall–Kier alpha value is -3.65. The number of amidine groups is 1. The van der Waals surface area contributed by atoms with Gasteiger partial charge in [0.2, 0.25) is 0 Å².